The van der Waals surface area contributed by atoms with Crippen LogP contribution < -0.4 is 15.1 Å². The van der Waals surface area contributed by atoms with Crippen molar-refractivity contribution in [1.29, 1.82) is 0 Å². The molecule has 2 aliphatic heterocycles. The van der Waals surface area contributed by atoms with E-state index in [0.29, 0.717) is 13.1 Å². The fourth-order valence-electron chi connectivity index (χ4n) is 4.30. The molecule has 3 fully saturated rings. The topological polar surface area (TPSA) is 91.3 Å². The molecule has 0 radical (unpaired) electrons. The lowest BCUT2D eigenvalue weighted by molar-refractivity contribution is -0.119. The van der Waals surface area contributed by atoms with E-state index in [1.807, 2.05) is 0 Å². The molecule has 4 atom stereocenters. The van der Waals surface area contributed by atoms with E-state index in [1.54, 1.807) is 4.90 Å². The molecular formula is C18H20F2N4O4. The van der Waals surface area contributed by atoms with E-state index >= 15 is 0 Å². The average molecular weight is 394 g/mol. The maximum absolute atomic E-state index is 14.7. The first-order valence-electron chi connectivity index (χ1n) is 9.14. The fourth-order valence-corrected chi connectivity index (χ4v) is 4.30. The summed E-state index contributed by atoms with van der Waals surface area (Å²) in [7, 11) is 0. The van der Waals surface area contributed by atoms with Crippen LogP contribution in [0.2, 0.25) is 0 Å². The Morgan fingerprint density at radius 2 is 1.89 bits per heavy atom. The number of fused-ring (bicyclic) bond motifs is 1. The van der Waals surface area contributed by atoms with Crippen molar-refractivity contribution in [1.82, 2.24) is 5.32 Å². The summed E-state index contributed by atoms with van der Waals surface area (Å²) in [6.07, 6.45) is -1.30. The largest absolute Gasteiger partial charge is 0.442 e. The van der Waals surface area contributed by atoms with Crippen molar-refractivity contribution in [3.8, 4) is 0 Å². The minimum absolute atomic E-state index is 0.0708. The fraction of sp³-hybridized carbons (Fsp3) is 0.556. The quantitative estimate of drug-likeness (QED) is 0.744. The lowest BCUT2D eigenvalue weighted by atomic mass is 10.2. The van der Waals surface area contributed by atoms with Crippen LogP contribution in [0, 0.1) is 34.3 Å². The van der Waals surface area contributed by atoms with Crippen LogP contribution in [0.15, 0.2) is 17.3 Å². The Kier molecular flexibility index (Phi) is 4.64. The van der Waals surface area contributed by atoms with Gasteiger partial charge in [0.05, 0.1) is 25.3 Å². The van der Waals surface area contributed by atoms with Crippen LogP contribution in [-0.2, 0) is 9.53 Å². The molecule has 0 bridgehead atoms. The van der Waals surface area contributed by atoms with E-state index in [4.69, 9.17) is 4.74 Å². The molecule has 10 heteroatoms. The maximum Gasteiger partial charge on any atom is 0.414 e. The van der Waals surface area contributed by atoms with Gasteiger partial charge in [-0.05, 0) is 17.8 Å². The number of rotatable bonds is 6. The van der Waals surface area contributed by atoms with Gasteiger partial charge in [0.1, 0.15) is 11.8 Å². The van der Waals surface area contributed by atoms with Gasteiger partial charge in [-0.2, -0.15) is 4.91 Å². The van der Waals surface area contributed by atoms with Crippen LogP contribution in [0.4, 0.5) is 25.0 Å². The van der Waals surface area contributed by atoms with Crippen LogP contribution in [-0.4, -0.2) is 50.8 Å². The van der Waals surface area contributed by atoms with Crippen molar-refractivity contribution in [3.63, 3.8) is 0 Å². The molecule has 28 heavy (non-hydrogen) atoms. The SMILES string of the molecule is CC(=O)NC[C@H]1CN(c2cc(F)c(N3C[C@@H]4C(CN=O)[C@@H]4C3)c(F)c2)C(=O)O1. The molecule has 1 unspecified atom stereocenters. The number of nitrogens with one attached hydrogen (secondary N) is 1. The first-order chi connectivity index (χ1) is 13.4. The van der Waals surface area contributed by atoms with E-state index in [0.717, 1.165) is 17.0 Å². The number of halogens is 2. The summed E-state index contributed by atoms with van der Waals surface area (Å²) in [6.45, 7) is 2.80. The van der Waals surface area contributed by atoms with Gasteiger partial charge in [-0.3, -0.25) is 9.69 Å². The molecule has 2 saturated heterocycles. The Bertz CT molecular complexity index is 801. The summed E-state index contributed by atoms with van der Waals surface area (Å²) >= 11 is 0. The van der Waals surface area contributed by atoms with Gasteiger partial charge in [0.25, 0.3) is 0 Å². The van der Waals surface area contributed by atoms with Crippen molar-refractivity contribution >= 4 is 23.4 Å². The molecule has 3 aliphatic rings. The molecule has 150 valence electrons. The number of anilines is 2. The van der Waals surface area contributed by atoms with Crippen molar-refractivity contribution in [2.45, 2.75) is 13.0 Å². The van der Waals surface area contributed by atoms with Gasteiger partial charge in [0.15, 0.2) is 11.6 Å². The lowest BCUT2D eigenvalue weighted by Crippen LogP contribution is -2.33. The van der Waals surface area contributed by atoms with Crippen LogP contribution in [0.3, 0.4) is 0 Å². The minimum Gasteiger partial charge on any atom is -0.442 e. The van der Waals surface area contributed by atoms with Crippen LogP contribution >= 0.6 is 0 Å². The maximum atomic E-state index is 14.7. The highest BCUT2D eigenvalue weighted by atomic mass is 19.1. The molecule has 4 rings (SSSR count). The zero-order valence-electron chi connectivity index (χ0n) is 15.2. The Hall–Kier alpha value is -2.78. The number of benzene rings is 1. The smallest absolute Gasteiger partial charge is 0.414 e. The highest BCUT2D eigenvalue weighted by Crippen LogP contribution is 2.53. The number of hydrogen-bond acceptors (Lipinski definition) is 6. The standard InChI is InChI=1S/C18H20F2N4O4/c1-9(25)21-4-11-6-24(18(26)28-11)10-2-15(19)17(16(20)3-10)23-7-13-12(5-22-27)14(13)8-23/h2-3,11-14H,4-8H2,1H3,(H,21,25)/t11-,12?,13-,14+/m0/s1. The first-order valence-corrected chi connectivity index (χ1v) is 9.14. The van der Waals surface area contributed by atoms with Gasteiger partial charge in [-0.1, -0.05) is 5.18 Å². The number of carbonyl (C=O) groups excluding carboxylic acids is 2. The van der Waals surface area contributed by atoms with E-state index < -0.39 is 23.8 Å². The number of nitrogens with zero attached hydrogens (tertiary/aromatic N) is 3. The van der Waals surface area contributed by atoms with Gasteiger partial charge in [0.2, 0.25) is 5.91 Å². The molecular weight excluding hydrogens is 374 g/mol. The number of cyclic esters (lactones) is 1. The molecule has 2 amide bonds. The van der Waals surface area contributed by atoms with Crippen molar-refractivity contribution < 1.29 is 23.1 Å². The highest BCUT2D eigenvalue weighted by Gasteiger charge is 2.56. The van der Waals surface area contributed by atoms with Crippen molar-refractivity contribution in [3.05, 3.63) is 28.7 Å². The van der Waals surface area contributed by atoms with E-state index in [-0.39, 0.29) is 54.7 Å². The molecule has 0 spiro atoms. The van der Waals surface area contributed by atoms with Crippen molar-refractivity contribution in [2.24, 2.45) is 22.9 Å². The second-order valence-electron chi connectivity index (χ2n) is 7.52. The van der Waals surface area contributed by atoms with Crippen molar-refractivity contribution in [2.75, 3.05) is 42.5 Å². The van der Waals surface area contributed by atoms with Crippen LogP contribution in [0.25, 0.3) is 0 Å². The number of ether oxygens (including phenoxy) is 1. The first kappa shape index (κ1) is 18.6. The second kappa shape index (κ2) is 6.99. The second-order valence-corrected chi connectivity index (χ2v) is 7.52. The van der Waals surface area contributed by atoms with Gasteiger partial charge >= 0.3 is 6.09 Å². The number of amides is 2. The predicted octanol–water partition coefficient (Wildman–Crippen LogP) is 1.87. The Morgan fingerprint density at radius 3 is 2.46 bits per heavy atom. The average Bonchev–Trinajstić information content (AvgIpc) is 2.96. The van der Waals surface area contributed by atoms with Gasteiger partial charge in [0, 0.05) is 32.1 Å². The molecule has 1 aromatic rings. The summed E-state index contributed by atoms with van der Waals surface area (Å²) in [5, 5.41) is 5.46. The predicted molar refractivity (Wildman–Crippen MR) is 96.0 cm³/mol. The molecule has 2 heterocycles. The molecule has 8 nitrogen and oxygen atoms in total. The van der Waals surface area contributed by atoms with Crippen LogP contribution in [0.5, 0.6) is 0 Å². The lowest BCUT2D eigenvalue weighted by Gasteiger charge is -2.24. The third-order valence-corrected chi connectivity index (χ3v) is 5.74. The molecule has 1 aliphatic carbocycles. The number of piperidine rings is 1. The Morgan fingerprint density at radius 1 is 1.25 bits per heavy atom. The van der Waals surface area contributed by atoms with E-state index in [1.165, 1.54) is 6.92 Å². The molecule has 1 saturated carbocycles. The van der Waals surface area contributed by atoms with E-state index in [2.05, 4.69) is 10.5 Å². The Balaban J connectivity index is 1.46. The monoisotopic (exact) mass is 394 g/mol. The zero-order valence-corrected chi connectivity index (χ0v) is 15.2. The van der Waals surface area contributed by atoms with Crippen LogP contribution in [0.1, 0.15) is 6.92 Å². The normalized spacial score (nSPS) is 28.2. The number of hydrogen-bond donors (Lipinski definition) is 1. The summed E-state index contributed by atoms with van der Waals surface area (Å²) in [6, 6.07) is 2.24. The highest BCUT2D eigenvalue weighted by molar-refractivity contribution is 5.90. The van der Waals surface area contributed by atoms with Gasteiger partial charge in [-0.25, -0.2) is 13.6 Å². The summed E-state index contributed by atoms with van der Waals surface area (Å²) < 4.78 is 34.5. The van der Waals surface area contributed by atoms with Gasteiger partial charge < -0.3 is 15.0 Å². The summed E-state index contributed by atoms with van der Waals surface area (Å²) in [5.41, 5.74) is -0.0439. The molecule has 1 aromatic carbocycles. The molecule has 0 aromatic heterocycles. The van der Waals surface area contributed by atoms with E-state index in [9.17, 15) is 23.3 Å². The third-order valence-electron chi connectivity index (χ3n) is 5.74. The number of nitroso groups, excluding NO2 is 1. The Labute approximate surface area is 159 Å². The summed E-state index contributed by atoms with van der Waals surface area (Å²) in [5.74, 6) is -1.04. The van der Waals surface area contributed by atoms with Gasteiger partial charge in [-0.15, -0.1) is 0 Å². The minimum atomic E-state index is -0.750. The summed E-state index contributed by atoms with van der Waals surface area (Å²) in [4.78, 5) is 36.2. The zero-order chi connectivity index (χ0) is 20.0. The number of carbonyl (C=O) groups is 2. The third kappa shape index (κ3) is 3.27. The molecule has 1 N–H and O–H groups in total.